The van der Waals surface area contributed by atoms with Crippen molar-refractivity contribution in [3.05, 3.63) is 23.8 Å². The molecule has 0 saturated carbocycles. The van der Waals surface area contributed by atoms with Crippen LogP contribution in [0.25, 0.3) is 0 Å². The van der Waals surface area contributed by atoms with Gasteiger partial charge in [-0.1, -0.05) is 12.6 Å². The molecule has 0 aliphatic rings. The Hall–Kier alpha value is -1.36. The Labute approximate surface area is 94.0 Å². The Morgan fingerprint density at radius 1 is 1.40 bits per heavy atom. The molecule has 0 unspecified atom stereocenters. The number of carbonyl (C=O) groups excluding carboxylic acids is 1. The number of rotatable bonds is 4. The van der Waals surface area contributed by atoms with Gasteiger partial charge in [-0.3, -0.25) is 4.79 Å². The van der Waals surface area contributed by atoms with Crippen LogP contribution in [-0.4, -0.2) is 19.5 Å². The van der Waals surface area contributed by atoms with Gasteiger partial charge in [-0.05, 0) is 12.1 Å². The minimum Gasteiger partial charge on any atom is -0.497 e. The number of nitrogens with one attached hydrogen (secondary N) is 1. The van der Waals surface area contributed by atoms with Crippen molar-refractivity contribution in [3.8, 4) is 11.5 Å². The van der Waals surface area contributed by atoms with Crippen LogP contribution in [0, 0.1) is 0 Å². The second-order valence-corrected chi connectivity index (χ2v) is 3.24. The molecule has 0 radical (unpaired) electrons. The maximum atomic E-state index is 10.6. The molecule has 4 nitrogen and oxygen atoms in total. The van der Waals surface area contributed by atoms with E-state index < -0.39 is 0 Å². The van der Waals surface area contributed by atoms with Crippen LogP contribution in [0.3, 0.4) is 0 Å². The maximum absolute atomic E-state index is 10.6. The van der Waals surface area contributed by atoms with E-state index in [1.165, 1.54) is 0 Å². The lowest BCUT2D eigenvalue weighted by Crippen LogP contribution is -2.16. The molecule has 1 aromatic carbocycles. The molecular formula is C10H13NO3S. The molecule has 0 fully saturated rings. The summed E-state index contributed by atoms with van der Waals surface area (Å²) in [5.74, 6) is 1.39. The van der Waals surface area contributed by atoms with Gasteiger partial charge in [0.1, 0.15) is 11.5 Å². The molecule has 0 spiro atoms. The molecule has 82 valence electrons. The van der Waals surface area contributed by atoms with E-state index in [4.69, 9.17) is 9.47 Å². The minimum absolute atomic E-state index is 0.368. The van der Waals surface area contributed by atoms with Gasteiger partial charge in [0.05, 0.1) is 14.2 Å². The standard InChI is InChI=1S/C10H13NO3S/c1-13-8-4-3-7(6-11-10(12)15)9(5-8)14-2/h3-5H,6H2,1-2H3,(H2,11,12,15). The van der Waals surface area contributed by atoms with Crippen LogP contribution >= 0.6 is 12.6 Å². The predicted octanol–water partition coefficient (Wildman–Crippen LogP) is 1.84. The smallest absolute Gasteiger partial charge is 0.276 e. The lowest BCUT2D eigenvalue weighted by Gasteiger charge is -2.10. The Kier molecular flexibility index (Phi) is 4.30. The molecule has 0 aliphatic carbocycles. The number of thiol groups is 1. The van der Waals surface area contributed by atoms with Crippen LogP contribution in [0.15, 0.2) is 18.2 Å². The fourth-order valence-electron chi connectivity index (χ4n) is 1.17. The molecule has 0 heterocycles. The van der Waals surface area contributed by atoms with Gasteiger partial charge in [0.25, 0.3) is 5.24 Å². The third kappa shape index (κ3) is 3.36. The van der Waals surface area contributed by atoms with E-state index in [1.54, 1.807) is 20.3 Å². The zero-order chi connectivity index (χ0) is 11.3. The average Bonchev–Trinajstić information content (AvgIpc) is 2.25. The minimum atomic E-state index is -0.368. The SMILES string of the molecule is COc1ccc(CNC(=O)S)c(OC)c1. The van der Waals surface area contributed by atoms with Gasteiger partial charge >= 0.3 is 0 Å². The number of hydrogen-bond acceptors (Lipinski definition) is 3. The van der Waals surface area contributed by atoms with Crippen molar-refractivity contribution in [3.63, 3.8) is 0 Å². The summed E-state index contributed by atoms with van der Waals surface area (Å²) in [4.78, 5) is 10.6. The summed E-state index contributed by atoms with van der Waals surface area (Å²) in [7, 11) is 3.16. The number of methoxy groups -OCH3 is 2. The number of hydrogen-bond donors (Lipinski definition) is 2. The molecule has 1 rings (SSSR count). The first kappa shape index (κ1) is 11.7. The second kappa shape index (κ2) is 5.50. The number of ether oxygens (including phenoxy) is 2. The molecule has 1 aromatic rings. The molecule has 0 atom stereocenters. The summed E-state index contributed by atoms with van der Waals surface area (Å²) in [5, 5.41) is 2.21. The van der Waals surface area contributed by atoms with E-state index in [0.717, 1.165) is 5.56 Å². The first-order chi connectivity index (χ1) is 7.17. The highest BCUT2D eigenvalue weighted by molar-refractivity contribution is 7.96. The van der Waals surface area contributed by atoms with Crippen LogP contribution in [-0.2, 0) is 6.54 Å². The molecule has 1 N–H and O–H groups in total. The first-order valence-corrected chi connectivity index (χ1v) is 4.79. The highest BCUT2D eigenvalue weighted by Crippen LogP contribution is 2.24. The Balaban J connectivity index is 2.82. The van der Waals surface area contributed by atoms with Crippen LogP contribution < -0.4 is 14.8 Å². The largest absolute Gasteiger partial charge is 0.497 e. The van der Waals surface area contributed by atoms with E-state index in [2.05, 4.69) is 17.9 Å². The summed E-state index contributed by atoms with van der Waals surface area (Å²) in [6, 6.07) is 5.41. The molecule has 1 amide bonds. The molecule has 0 aromatic heterocycles. The van der Waals surface area contributed by atoms with E-state index in [0.29, 0.717) is 18.0 Å². The average molecular weight is 227 g/mol. The van der Waals surface area contributed by atoms with Gasteiger partial charge in [-0.15, -0.1) is 0 Å². The van der Waals surface area contributed by atoms with Crippen molar-refractivity contribution < 1.29 is 14.3 Å². The highest BCUT2D eigenvalue weighted by atomic mass is 32.1. The van der Waals surface area contributed by atoms with Crippen LogP contribution in [0.5, 0.6) is 11.5 Å². The van der Waals surface area contributed by atoms with Crippen LogP contribution in [0.2, 0.25) is 0 Å². The van der Waals surface area contributed by atoms with E-state index in [1.807, 2.05) is 12.1 Å². The van der Waals surface area contributed by atoms with Gasteiger partial charge in [0, 0.05) is 18.2 Å². The topological polar surface area (TPSA) is 47.6 Å². The lowest BCUT2D eigenvalue weighted by atomic mass is 10.2. The van der Waals surface area contributed by atoms with E-state index in [9.17, 15) is 4.79 Å². The quantitative estimate of drug-likeness (QED) is 0.772. The monoisotopic (exact) mass is 227 g/mol. The van der Waals surface area contributed by atoms with Crippen molar-refractivity contribution in [1.29, 1.82) is 0 Å². The molecule has 0 aliphatic heterocycles. The summed E-state index contributed by atoms with van der Waals surface area (Å²) >= 11 is 3.62. The van der Waals surface area contributed by atoms with Gasteiger partial charge in [-0.25, -0.2) is 0 Å². The van der Waals surface area contributed by atoms with Gasteiger partial charge < -0.3 is 14.8 Å². The van der Waals surface area contributed by atoms with Crippen molar-refractivity contribution in [2.45, 2.75) is 6.54 Å². The molecule has 0 saturated heterocycles. The zero-order valence-corrected chi connectivity index (χ0v) is 9.51. The third-order valence-corrected chi connectivity index (χ3v) is 2.08. The van der Waals surface area contributed by atoms with Crippen LogP contribution in [0.4, 0.5) is 4.79 Å². The van der Waals surface area contributed by atoms with Crippen molar-refractivity contribution in [2.75, 3.05) is 14.2 Å². The lowest BCUT2D eigenvalue weighted by molar-refractivity contribution is 0.260. The van der Waals surface area contributed by atoms with Crippen molar-refractivity contribution >= 4 is 17.9 Å². The van der Waals surface area contributed by atoms with Crippen molar-refractivity contribution in [2.24, 2.45) is 0 Å². The van der Waals surface area contributed by atoms with Gasteiger partial charge in [0.15, 0.2) is 0 Å². The Bertz CT molecular complexity index is 355. The number of benzene rings is 1. The fraction of sp³-hybridized carbons (Fsp3) is 0.300. The summed E-state index contributed by atoms with van der Waals surface area (Å²) in [5.41, 5.74) is 0.876. The molecule has 5 heteroatoms. The van der Waals surface area contributed by atoms with Gasteiger partial charge in [-0.2, -0.15) is 0 Å². The third-order valence-electron chi connectivity index (χ3n) is 1.92. The molecular weight excluding hydrogens is 214 g/mol. The second-order valence-electron chi connectivity index (χ2n) is 2.84. The predicted molar refractivity (Wildman–Crippen MR) is 60.8 cm³/mol. The maximum Gasteiger partial charge on any atom is 0.276 e. The van der Waals surface area contributed by atoms with Gasteiger partial charge in [0.2, 0.25) is 0 Å². The Morgan fingerprint density at radius 3 is 2.67 bits per heavy atom. The number of amides is 1. The van der Waals surface area contributed by atoms with Crippen molar-refractivity contribution in [1.82, 2.24) is 5.32 Å². The molecule has 0 bridgehead atoms. The fourth-order valence-corrected chi connectivity index (χ4v) is 1.25. The zero-order valence-electron chi connectivity index (χ0n) is 8.61. The number of carbonyl (C=O) groups is 1. The van der Waals surface area contributed by atoms with E-state index >= 15 is 0 Å². The highest BCUT2D eigenvalue weighted by Gasteiger charge is 2.05. The normalized spacial score (nSPS) is 9.53. The Morgan fingerprint density at radius 2 is 2.13 bits per heavy atom. The van der Waals surface area contributed by atoms with Crippen LogP contribution in [0.1, 0.15) is 5.56 Å². The summed E-state index contributed by atoms with van der Waals surface area (Å²) < 4.78 is 10.2. The van der Waals surface area contributed by atoms with E-state index in [-0.39, 0.29) is 5.24 Å². The summed E-state index contributed by atoms with van der Waals surface area (Å²) in [6.07, 6.45) is 0. The first-order valence-electron chi connectivity index (χ1n) is 4.35. The molecule has 15 heavy (non-hydrogen) atoms. The summed E-state index contributed by atoms with van der Waals surface area (Å²) in [6.45, 7) is 0.384.